The Hall–Kier alpha value is -0.410. The van der Waals surface area contributed by atoms with Crippen LogP contribution >= 0.6 is 0 Å². The lowest BCUT2D eigenvalue weighted by Gasteiger charge is -2.40. The van der Waals surface area contributed by atoms with Gasteiger partial charge in [0.2, 0.25) is 0 Å². The Morgan fingerprint density at radius 1 is 1.36 bits per heavy atom. The molecule has 0 N–H and O–H groups in total. The van der Waals surface area contributed by atoms with Gasteiger partial charge < -0.3 is 4.90 Å². The average Bonchev–Trinajstić information content (AvgIpc) is 2.57. The maximum Gasteiger partial charge on any atom is 0.134 e. The third-order valence-corrected chi connectivity index (χ3v) is 3.73. The Labute approximate surface area is 86.1 Å². The van der Waals surface area contributed by atoms with Crippen molar-refractivity contribution in [1.29, 1.82) is 0 Å². The highest BCUT2D eigenvalue weighted by molar-refractivity contribution is 5.81. The van der Waals surface area contributed by atoms with Crippen molar-refractivity contribution in [3.8, 4) is 0 Å². The fourth-order valence-corrected chi connectivity index (χ4v) is 2.51. The molecule has 2 rings (SSSR count). The fraction of sp³-hybridized carbons (Fsp3) is 0.909. The molecule has 0 radical (unpaired) electrons. The number of hydrogen-bond donors (Lipinski definition) is 0. The van der Waals surface area contributed by atoms with E-state index in [2.05, 4.69) is 23.8 Å². The number of ketones is 1. The first-order valence-electron chi connectivity index (χ1n) is 5.63. The van der Waals surface area contributed by atoms with E-state index < -0.39 is 0 Å². The molecule has 1 aliphatic heterocycles. The van der Waals surface area contributed by atoms with Crippen molar-refractivity contribution in [2.24, 2.45) is 0 Å². The number of Topliss-reactive ketones (excluding diaryl/α,β-unsaturated/α-hetero) is 1. The molecule has 1 saturated heterocycles. The molecule has 0 bridgehead atoms. The second-order valence-electron chi connectivity index (χ2n) is 4.76. The van der Waals surface area contributed by atoms with Gasteiger partial charge >= 0.3 is 0 Å². The molecular formula is C11H20N2O. The highest BCUT2D eigenvalue weighted by Gasteiger charge is 2.31. The van der Waals surface area contributed by atoms with Crippen LogP contribution in [-0.2, 0) is 4.79 Å². The normalized spacial score (nSPS) is 36.6. The topological polar surface area (TPSA) is 23.6 Å². The van der Waals surface area contributed by atoms with Gasteiger partial charge in [-0.3, -0.25) is 9.69 Å². The van der Waals surface area contributed by atoms with E-state index in [4.69, 9.17) is 0 Å². The largest absolute Gasteiger partial charge is 0.301 e. The van der Waals surface area contributed by atoms with Gasteiger partial charge in [-0.2, -0.15) is 0 Å². The average molecular weight is 196 g/mol. The number of carbonyl (C=O) groups excluding carboxylic acids is 1. The van der Waals surface area contributed by atoms with Crippen LogP contribution in [0.3, 0.4) is 0 Å². The molecule has 0 spiro atoms. The first-order chi connectivity index (χ1) is 6.66. The van der Waals surface area contributed by atoms with Crippen LogP contribution in [-0.4, -0.2) is 54.3 Å². The first-order valence-corrected chi connectivity index (χ1v) is 5.63. The number of piperazine rings is 1. The number of carbonyl (C=O) groups is 1. The summed E-state index contributed by atoms with van der Waals surface area (Å²) in [7, 11) is 2.18. The van der Waals surface area contributed by atoms with E-state index in [1.807, 2.05) is 0 Å². The Kier molecular flexibility index (Phi) is 2.88. The van der Waals surface area contributed by atoms with E-state index in [-0.39, 0.29) is 0 Å². The second-order valence-corrected chi connectivity index (χ2v) is 4.76. The molecule has 3 nitrogen and oxygen atoms in total. The summed E-state index contributed by atoms with van der Waals surface area (Å²) in [6, 6.07) is 1.19. The lowest BCUT2D eigenvalue weighted by Crippen LogP contribution is -2.52. The van der Waals surface area contributed by atoms with Crippen LogP contribution in [0.4, 0.5) is 0 Å². The number of likely N-dealkylation sites (N-methyl/N-ethyl adjacent to an activating group) is 1. The zero-order valence-electron chi connectivity index (χ0n) is 9.20. The van der Waals surface area contributed by atoms with Crippen molar-refractivity contribution in [3.63, 3.8) is 0 Å². The summed E-state index contributed by atoms with van der Waals surface area (Å²) in [6.45, 7) is 5.68. The molecule has 0 aromatic carbocycles. The van der Waals surface area contributed by atoms with Crippen LogP contribution in [0.1, 0.15) is 26.2 Å². The van der Waals surface area contributed by atoms with Crippen LogP contribution in [0.2, 0.25) is 0 Å². The molecule has 2 atom stereocenters. The Morgan fingerprint density at radius 3 is 2.71 bits per heavy atom. The quantitative estimate of drug-likeness (QED) is 0.618. The van der Waals surface area contributed by atoms with E-state index >= 15 is 0 Å². The maximum absolute atomic E-state index is 11.2. The highest BCUT2D eigenvalue weighted by Crippen LogP contribution is 2.22. The second kappa shape index (κ2) is 3.99. The predicted molar refractivity (Wildman–Crippen MR) is 56.3 cm³/mol. The SMILES string of the molecule is CC1CN(C2CCC(=O)C2)CCN1C. The predicted octanol–water partition coefficient (Wildman–Crippen LogP) is 0.744. The minimum absolute atomic E-state index is 0.460. The minimum Gasteiger partial charge on any atom is -0.301 e. The fourth-order valence-electron chi connectivity index (χ4n) is 2.51. The van der Waals surface area contributed by atoms with Crippen molar-refractivity contribution >= 4 is 5.78 Å². The molecule has 1 saturated carbocycles. The summed E-state index contributed by atoms with van der Waals surface area (Å²) < 4.78 is 0. The Morgan fingerprint density at radius 2 is 2.14 bits per heavy atom. The van der Waals surface area contributed by atoms with Crippen molar-refractivity contribution in [2.75, 3.05) is 26.7 Å². The molecule has 0 aromatic rings. The molecule has 0 amide bonds. The minimum atomic E-state index is 0.460. The summed E-state index contributed by atoms with van der Waals surface area (Å²) in [5, 5.41) is 0. The molecule has 80 valence electrons. The van der Waals surface area contributed by atoms with E-state index in [0.717, 1.165) is 38.9 Å². The molecule has 2 aliphatic rings. The lowest BCUT2D eigenvalue weighted by molar-refractivity contribution is -0.117. The molecule has 0 aromatic heterocycles. The highest BCUT2D eigenvalue weighted by atomic mass is 16.1. The lowest BCUT2D eigenvalue weighted by atomic mass is 10.1. The van der Waals surface area contributed by atoms with E-state index in [9.17, 15) is 4.79 Å². The first kappa shape index (κ1) is 10.1. The summed E-state index contributed by atoms with van der Waals surface area (Å²) >= 11 is 0. The molecule has 2 unspecified atom stereocenters. The molecule has 2 fully saturated rings. The summed E-state index contributed by atoms with van der Waals surface area (Å²) in [4.78, 5) is 16.1. The van der Waals surface area contributed by atoms with Crippen LogP contribution in [0.25, 0.3) is 0 Å². The van der Waals surface area contributed by atoms with Crippen molar-refractivity contribution in [2.45, 2.75) is 38.3 Å². The molecule has 1 aliphatic carbocycles. The van der Waals surface area contributed by atoms with Crippen LogP contribution in [0.5, 0.6) is 0 Å². The molecular weight excluding hydrogens is 176 g/mol. The van der Waals surface area contributed by atoms with E-state index in [0.29, 0.717) is 17.9 Å². The molecule has 1 heterocycles. The van der Waals surface area contributed by atoms with Gasteiger partial charge in [0.05, 0.1) is 0 Å². The van der Waals surface area contributed by atoms with Gasteiger partial charge in [-0.15, -0.1) is 0 Å². The smallest absolute Gasteiger partial charge is 0.134 e. The van der Waals surface area contributed by atoms with Gasteiger partial charge in [-0.05, 0) is 20.4 Å². The summed E-state index contributed by atoms with van der Waals surface area (Å²) in [6.07, 6.45) is 2.71. The number of nitrogens with zero attached hydrogens (tertiary/aromatic N) is 2. The maximum atomic E-state index is 11.2. The van der Waals surface area contributed by atoms with Crippen LogP contribution < -0.4 is 0 Å². The molecule has 3 heteroatoms. The van der Waals surface area contributed by atoms with E-state index in [1.54, 1.807) is 0 Å². The van der Waals surface area contributed by atoms with Gasteiger partial charge in [-0.1, -0.05) is 0 Å². The standard InChI is InChI=1S/C11H20N2O/c1-9-8-13(6-5-12(9)2)10-3-4-11(14)7-10/h9-10H,3-8H2,1-2H3. The Balaban J connectivity index is 1.90. The Bertz CT molecular complexity index is 229. The van der Waals surface area contributed by atoms with Gasteiger partial charge in [0.25, 0.3) is 0 Å². The van der Waals surface area contributed by atoms with Crippen molar-refractivity contribution < 1.29 is 4.79 Å². The third-order valence-electron chi connectivity index (χ3n) is 3.73. The van der Waals surface area contributed by atoms with Gasteiger partial charge in [0.1, 0.15) is 5.78 Å². The van der Waals surface area contributed by atoms with Gasteiger partial charge in [0.15, 0.2) is 0 Å². The monoisotopic (exact) mass is 196 g/mol. The van der Waals surface area contributed by atoms with Crippen molar-refractivity contribution in [3.05, 3.63) is 0 Å². The number of rotatable bonds is 1. The van der Waals surface area contributed by atoms with E-state index in [1.165, 1.54) is 0 Å². The van der Waals surface area contributed by atoms with Crippen molar-refractivity contribution in [1.82, 2.24) is 9.80 Å². The molecule has 14 heavy (non-hydrogen) atoms. The van der Waals surface area contributed by atoms with Gasteiger partial charge in [-0.25, -0.2) is 0 Å². The summed E-state index contributed by atoms with van der Waals surface area (Å²) in [5.74, 6) is 0.460. The van der Waals surface area contributed by atoms with Crippen LogP contribution in [0.15, 0.2) is 0 Å². The third kappa shape index (κ3) is 1.98. The zero-order valence-corrected chi connectivity index (χ0v) is 9.20. The summed E-state index contributed by atoms with van der Waals surface area (Å²) in [5.41, 5.74) is 0. The number of hydrogen-bond acceptors (Lipinski definition) is 3. The van der Waals surface area contributed by atoms with Crippen LogP contribution in [0, 0.1) is 0 Å². The van der Waals surface area contributed by atoms with Gasteiger partial charge in [0, 0.05) is 44.6 Å². The zero-order chi connectivity index (χ0) is 10.1.